The summed E-state index contributed by atoms with van der Waals surface area (Å²) in [6.45, 7) is 3.47. The van der Waals surface area contributed by atoms with E-state index in [0.717, 1.165) is 10.6 Å². The van der Waals surface area contributed by atoms with Gasteiger partial charge in [0.15, 0.2) is 11.5 Å². The standard InChI is InChI=1S/C21H25N3O6S/c1-5-12-30-19-11-10-16(13-20(19)29-3)14-22-23-21(25)15-24(31(4,26)27)17-8-6-7-9-18(17)28-2/h5-11,13-14H,1,12,15H2,2-4H3,(H,23,25). The van der Waals surface area contributed by atoms with Gasteiger partial charge in [0.25, 0.3) is 5.91 Å². The van der Waals surface area contributed by atoms with Gasteiger partial charge in [-0.15, -0.1) is 0 Å². The summed E-state index contributed by atoms with van der Waals surface area (Å²) in [4.78, 5) is 12.3. The minimum Gasteiger partial charge on any atom is -0.495 e. The first-order valence-corrected chi connectivity index (χ1v) is 11.0. The van der Waals surface area contributed by atoms with Crippen LogP contribution in [0.3, 0.4) is 0 Å². The van der Waals surface area contributed by atoms with Gasteiger partial charge in [-0.25, -0.2) is 13.8 Å². The fourth-order valence-corrected chi connectivity index (χ4v) is 3.45. The second kappa shape index (κ2) is 11.0. The van der Waals surface area contributed by atoms with Crippen molar-refractivity contribution in [1.29, 1.82) is 0 Å². The Morgan fingerprint density at radius 3 is 2.48 bits per heavy atom. The second-order valence-electron chi connectivity index (χ2n) is 6.24. The summed E-state index contributed by atoms with van der Waals surface area (Å²) in [6.07, 6.45) is 4.04. The van der Waals surface area contributed by atoms with Gasteiger partial charge in [0.2, 0.25) is 10.0 Å². The molecule has 9 nitrogen and oxygen atoms in total. The van der Waals surface area contributed by atoms with Crippen LogP contribution in [0.25, 0.3) is 0 Å². The highest BCUT2D eigenvalue weighted by Crippen LogP contribution is 2.29. The summed E-state index contributed by atoms with van der Waals surface area (Å²) in [5.74, 6) is 0.751. The fourth-order valence-electron chi connectivity index (χ4n) is 2.59. The average molecular weight is 448 g/mol. The zero-order chi connectivity index (χ0) is 22.9. The van der Waals surface area contributed by atoms with E-state index in [0.29, 0.717) is 29.4 Å². The monoisotopic (exact) mass is 447 g/mol. The molecule has 2 aromatic rings. The lowest BCUT2D eigenvalue weighted by molar-refractivity contribution is -0.119. The molecule has 0 bridgehead atoms. The number of hydrogen-bond donors (Lipinski definition) is 1. The van der Waals surface area contributed by atoms with Crippen LogP contribution >= 0.6 is 0 Å². The Hall–Kier alpha value is -3.53. The summed E-state index contributed by atoms with van der Waals surface area (Å²) in [6, 6.07) is 11.6. The molecule has 2 rings (SSSR count). The van der Waals surface area contributed by atoms with Crippen molar-refractivity contribution < 1.29 is 27.4 Å². The summed E-state index contributed by atoms with van der Waals surface area (Å²) in [5, 5.41) is 3.89. The van der Waals surface area contributed by atoms with Crippen molar-refractivity contribution in [2.24, 2.45) is 5.10 Å². The van der Waals surface area contributed by atoms with Gasteiger partial charge in [0, 0.05) is 0 Å². The van der Waals surface area contributed by atoms with E-state index >= 15 is 0 Å². The lowest BCUT2D eigenvalue weighted by Gasteiger charge is -2.23. The number of carbonyl (C=O) groups excluding carboxylic acids is 1. The maximum Gasteiger partial charge on any atom is 0.260 e. The number of benzene rings is 2. The number of nitrogens with zero attached hydrogens (tertiary/aromatic N) is 2. The van der Waals surface area contributed by atoms with Crippen molar-refractivity contribution in [2.45, 2.75) is 0 Å². The normalized spacial score (nSPS) is 11.1. The van der Waals surface area contributed by atoms with Gasteiger partial charge in [-0.05, 0) is 35.9 Å². The Labute approximate surface area is 182 Å². The Balaban J connectivity index is 2.10. The predicted octanol–water partition coefficient (Wildman–Crippen LogP) is 2.18. The Bertz CT molecular complexity index is 1050. The molecule has 0 atom stereocenters. The van der Waals surface area contributed by atoms with E-state index in [1.54, 1.807) is 48.5 Å². The molecule has 31 heavy (non-hydrogen) atoms. The molecule has 0 unspecified atom stereocenters. The van der Waals surface area contributed by atoms with Crippen molar-refractivity contribution in [3.8, 4) is 17.2 Å². The minimum absolute atomic E-state index is 0.256. The van der Waals surface area contributed by atoms with E-state index in [9.17, 15) is 13.2 Å². The van der Waals surface area contributed by atoms with Crippen molar-refractivity contribution in [3.63, 3.8) is 0 Å². The summed E-state index contributed by atoms with van der Waals surface area (Å²) in [7, 11) is -0.809. The van der Waals surface area contributed by atoms with Crippen LogP contribution in [0.1, 0.15) is 5.56 Å². The van der Waals surface area contributed by atoms with E-state index in [1.165, 1.54) is 20.4 Å². The van der Waals surface area contributed by atoms with E-state index < -0.39 is 22.5 Å². The van der Waals surface area contributed by atoms with Crippen molar-refractivity contribution in [1.82, 2.24) is 5.43 Å². The van der Waals surface area contributed by atoms with E-state index in [1.807, 2.05) is 0 Å². The van der Waals surface area contributed by atoms with Crippen LogP contribution in [0.5, 0.6) is 17.2 Å². The maximum absolute atomic E-state index is 12.3. The number of carbonyl (C=O) groups is 1. The Morgan fingerprint density at radius 1 is 1.13 bits per heavy atom. The molecule has 10 heteroatoms. The topological polar surface area (TPSA) is 107 Å². The number of amides is 1. The van der Waals surface area contributed by atoms with Gasteiger partial charge in [-0.2, -0.15) is 5.10 Å². The molecule has 0 radical (unpaired) electrons. The second-order valence-corrected chi connectivity index (χ2v) is 8.15. The zero-order valence-corrected chi connectivity index (χ0v) is 18.4. The molecular weight excluding hydrogens is 422 g/mol. The van der Waals surface area contributed by atoms with Crippen LogP contribution in [0.4, 0.5) is 5.69 Å². The first-order valence-electron chi connectivity index (χ1n) is 9.14. The van der Waals surface area contributed by atoms with E-state index in [4.69, 9.17) is 14.2 Å². The van der Waals surface area contributed by atoms with Crippen LogP contribution < -0.4 is 23.9 Å². The van der Waals surface area contributed by atoms with Gasteiger partial charge in [0.1, 0.15) is 18.9 Å². The first-order chi connectivity index (χ1) is 14.8. The van der Waals surface area contributed by atoms with Crippen molar-refractivity contribution in [2.75, 3.05) is 37.9 Å². The molecule has 0 saturated carbocycles. The lowest BCUT2D eigenvalue weighted by atomic mass is 10.2. The van der Waals surface area contributed by atoms with Gasteiger partial charge in [-0.1, -0.05) is 24.8 Å². The molecule has 1 N–H and O–H groups in total. The SMILES string of the molecule is C=CCOc1ccc(C=NNC(=O)CN(c2ccccc2OC)S(C)(=O)=O)cc1OC. The molecule has 0 heterocycles. The molecule has 2 aromatic carbocycles. The molecule has 0 aromatic heterocycles. The Kier molecular flexibility index (Phi) is 8.44. The summed E-state index contributed by atoms with van der Waals surface area (Å²) < 4.78 is 41.4. The number of ether oxygens (including phenoxy) is 3. The fraction of sp³-hybridized carbons (Fsp3) is 0.238. The third kappa shape index (κ3) is 6.75. The van der Waals surface area contributed by atoms with Crippen molar-refractivity contribution in [3.05, 3.63) is 60.7 Å². The van der Waals surface area contributed by atoms with Crippen LogP contribution in [0.2, 0.25) is 0 Å². The zero-order valence-electron chi connectivity index (χ0n) is 17.6. The third-order valence-corrected chi connectivity index (χ3v) is 5.12. The van der Waals surface area contributed by atoms with Crippen LogP contribution in [0.15, 0.2) is 60.2 Å². The summed E-state index contributed by atoms with van der Waals surface area (Å²) in [5.41, 5.74) is 3.23. The highest BCUT2D eigenvalue weighted by molar-refractivity contribution is 7.92. The maximum atomic E-state index is 12.3. The lowest BCUT2D eigenvalue weighted by Crippen LogP contribution is -2.39. The van der Waals surface area contributed by atoms with Crippen LogP contribution in [-0.2, 0) is 14.8 Å². The third-order valence-electron chi connectivity index (χ3n) is 3.99. The molecule has 0 aliphatic heterocycles. The highest BCUT2D eigenvalue weighted by Gasteiger charge is 2.23. The van der Waals surface area contributed by atoms with Gasteiger partial charge >= 0.3 is 0 Å². The predicted molar refractivity (Wildman–Crippen MR) is 120 cm³/mol. The number of nitrogens with one attached hydrogen (secondary N) is 1. The summed E-state index contributed by atoms with van der Waals surface area (Å²) >= 11 is 0. The molecule has 0 fully saturated rings. The quantitative estimate of drug-likeness (QED) is 0.322. The van der Waals surface area contributed by atoms with Crippen molar-refractivity contribution >= 4 is 27.8 Å². The van der Waals surface area contributed by atoms with E-state index in [2.05, 4.69) is 17.1 Å². The number of rotatable bonds is 11. The molecule has 166 valence electrons. The molecule has 0 aliphatic carbocycles. The van der Waals surface area contributed by atoms with Crippen LogP contribution in [-0.4, -0.2) is 54.2 Å². The Morgan fingerprint density at radius 2 is 1.84 bits per heavy atom. The average Bonchev–Trinajstić information content (AvgIpc) is 2.75. The molecule has 0 spiro atoms. The van der Waals surface area contributed by atoms with Gasteiger partial charge in [-0.3, -0.25) is 9.10 Å². The first kappa shape index (κ1) is 23.7. The molecule has 0 aliphatic rings. The van der Waals surface area contributed by atoms with E-state index in [-0.39, 0.29) is 5.69 Å². The largest absolute Gasteiger partial charge is 0.495 e. The number of hydrogen-bond acceptors (Lipinski definition) is 7. The number of hydrazone groups is 1. The van der Waals surface area contributed by atoms with Gasteiger partial charge in [0.05, 0.1) is 32.4 Å². The van der Waals surface area contributed by atoms with Gasteiger partial charge < -0.3 is 14.2 Å². The highest BCUT2D eigenvalue weighted by atomic mass is 32.2. The molecule has 0 saturated heterocycles. The molecular formula is C21H25N3O6S. The number of methoxy groups -OCH3 is 2. The minimum atomic E-state index is -3.74. The molecule has 1 amide bonds. The number of sulfonamides is 1. The number of anilines is 1. The number of para-hydroxylation sites is 2. The smallest absolute Gasteiger partial charge is 0.260 e. The van der Waals surface area contributed by atoms with Crippen LogP contribution in [0, 0.1) is 0 Å².